The van der Waals surface area contributed by atoms with Gasteiger partial charge in [-0.2, -0.15) is 13.2 Å². The van der Waals surface area contributed by atoms with Gasteiger partial charge in [0.2, 0.25) is 5.91 Å². The van der Waals surface area contributed by atoms with Crippen molar-refractivity contribution in [2.24, 2.45) is 0 Å². The maximum atomic E-state index is 12.6. The topological polar surface area (TPSA) is 29.1 Å². The fourth-order valence-electron chi connectivity index (χ4n) is 1.53. The van der Waals surface area contributed by atoms with Gasteiger partial charge in [-0.05, 0) is 37.5 Å². The second-order valence-electron chi connectivity index (χ2n) is 4.22. The highest BCUT2D eigenvalue weighted by atomic mass is 79.9. The molecule has 106 valence electrons. The third kappa shape index (κ3) is 5.22. The van der Waals surface area contributed by atoms with E-state index in [-0.39, 0.29) is 11.6 Å². The van der Waals surface area contributed by atoms with Crippen LogP contribution in [0.4, 0.5) is 18.9 Å². The Bertz CT molecular complexity index is 446. The molecule has 0 aliphatic rings. The van der Waals surface area contributed by atoms with Crippen molar-refractivity contribution in [3.05, 3.63) is 29.3 Å². The Morgan fingerprint density at radius 2 is 2.00 bits per heavy atom. The Morgan fingerprint density at radius 1 is 1.32 bits per heavy atom. The van der Waals surface area contributed by atoms with E-state index in [0.717, 1.165) is 23.9 Å². The average Bonchev–Trinajstić information content (AvgIpc) is 2.31. The number of halogens is 4. The molecule has 0 aliphatic heterocycles. The zero-order valence-electron chi connectivity index (χ0n) is 10.5. The van der Waals surface area contributed by atoms with Crippen molar-refractivity contribution in [3.8, 4) is 0 Å². The van der Waals surface area contributed by atoms with Crippen LogP contribution in [-0.4, -0.2) is 11.2 Å². The predicted molar refractivity (Wildman–Crippen MR) is 72.5 cm³/mol. The lowest BCUT2D eigenvalue weighted by Crippen LogP contribution is -2.13. The van der Waals surface area contributed by atoms with Gasteiger partial charge in [0.1, 0.15) is 0 Å². The van der Waals surface area contributed by atoms with Gasteiger partial charge in [0, 0.05) is 17.4 Å². The molecule has 19 heavy (non-hydrogen) atoms. The number of carbonyl (C=O) groups excluding carboxylic acids is 1. The van der Waals surface area contributed by atoms with Gasteiger partial charge in [-0.3, -0.25) is 4.79 Å². The van der Waals surface area contributed by atoms with Crippen molar-refractivity contribution in [2.45, 2.75) is 32.4 Å². The summed E-state index contributed by atoms with van der Waals surface area (Å²) >= 11 is 3.25. The zero-order valence-corrected chi connectivity index (χ0v) is 12.1. The summed E-state index contributed by atoms with van der Waals surface area (Å²) in [5.74, 6) is -0.261. The molecule has 1 N–H and O–H groups in total. The van der Waals surface area contributed by atoms with Crippen LogP contribution in [0.3, 0.4) is 0 Å². The van der Waals surface area contributed by atoms with Gasteiger partial charge < -0.3 is 5.32 Å². The lowest BCUT2D eigenvalue weighted by Gasteiger charge is -2.12. The minimum absolute atomic E-state index is 0.221. The summed E-state index contributed by atoms with van der Waals surface area (Å²) in [7, 11) is 0. The Kier molecular flexibility index (Phi) is 5.85. The van der Waals surface area contributed by atoms with Gasteiger partial charge in [-0.25, -0.2) is 0 Å². The minimum atomic E-state index is -4.40. The highest BCUT2D eigenvalue weighted by Gasteiger charge is 2.30. The monoisotopic (exact) mass is 337 g/mol. The minimum Gasteiger partial charge on any atom is -0.326 e. The van der Waals surface area contributed by atoms with Gasteiger partial charge in [-0.1, -0.05) is 22.0 Å². The van der Waals surface area contributed by atoms with E-state index in [0.29, 0.717) is 18.4 Å². The van der Waals surface area contributed by atoms with Gasteiger partial charge in [0.25, 0.3) is 0 Å². The van der Waals surface area contributed by atoms with Crippen LogP contribution < -0.4 is 5.32 Å². The number of carbonyl (C=O) groups is 1. The van der Waals surface area contributed by atoms with Crippen LogP contribution in [0.25, 0.3) is 0 Å². The summed E-state index contributed by atoms with van der Waals surface area (Å²) in [4.78, 5) is 11.6. The quantitative estimate of drug-likeness (QED) is 0.621. The Morgan fingerprint density at radius 3 is 2.58 bits per heavy atom. The Labute approximate surface area is 118 Å². The van der Waals surface area contributed by atoms with Crippen molar-refractivity contribution >= 4 is 27.5 Å². The number of aryl methyl sites for hydroxylation is 1. The van der Waals surface area contributed by atoms with E-state index in [9.17, 15) is 18.0 Å². The molecule has 2 nitrogen and oxygen atoms in total. The molecule has 0 aliphatic carbocycles. The van der Waals surface area contributed by atoms with Crippen molar-refractivity contribution < 1.29 is 18.0 Å². The number of alkyl halides is 4. The summed E-state index contributed by atoms with van der Waals surface area (Å²) in [5, 5.41) is 3.34. The smallest absolute Gasteiger partial charge is 0.326 e. The lowest BCUT2D eigenvalue weighted by atomic mass is 10.1. The molecule has 0 aromatic heterocycles. The maximum Gasteiger partial charge on any atom is 0.416 e. The highest BCUT2D eigenvalue weighted by molar-refractivity contribution is 9.09. The number of unbranched alkanes of at least 4 members (excludes halogenated alkanes) is 1. The van der Waals surface area contributed by atoms with Crippen LogP contribution in [0.2, 0.25) is 0 Å². The summed E-state index contributed by atoms with van der Waals surface area (Å²) in [6.45, 7) is 1.66. The molecule has 0 saturated heterocycles. The number of benzene rings is 1. The average molecular weight is 338 g/mol. The molecule has 0 radical (unpaired) electrons. The van der Waals surface area contributed by atoms with Crippen LogP contribution in [0.5, 0.6) is 0 Å². The molecule has 1 aromatic rings. The van der Waals surface area contributed by atoms with E-state index >= 15 is 0 Å². The fraction of sp³-hybridized carbons (Fsp3) is 0.462. The van der Waals surface area contributed by atoms with Gasteiger partial charge in [0.15, 0.2) is 0 Å². The zero-order chi connectivity index (χ0) is 14.5. The summed E-state index contributed by atoms with van der Waals surface area (Å²) < 4.78 is 37.7. The molecule has 1 rings (SSSR count). The number of amides is 1. The molecule has 0 unspecified atom stereocenters. The van der Waals surface area contributed by atoms with E-state index in [2.05, 4.69) is 21.2 Å². The summed E-state index contributed by atoms with van der Waals surface area (Å²) in [5.41, 5.74) is 0.0781. The third-order valence-electron chi connectivity index (χ3n) is 2.63. The Hall–Kier alpha value is -1.04. The molecular weight excluding hydrogens is 323 g/mol. The summed E-state index contributed by atoms with van der Waals surface area (Å²) in [6.07, 6.45) is -2.53. The first-order chi connectivity index (χ1) is 8.84. The maximum absolute atomic E-state index is 12.6. The first-order valence-electron chi connectivity index (χ1n) is 5.88. The molecule has 0 heterocycles. The van der Waals surface area contributed by atoms with Crippen molar-refractivity contribution in [1.29, 1.82) is 0 Å². The van der Waals surface area contributed by atoms with Crippen molar-refractivity contribution in [2.75, 3.05) is 10.6 Å². The van der Waals surface area contributed by atoms with E-state index in [1.54, 1.807) is 6.92 Å². The number of rotatable bonds is 5. The number of hydrogen-bond donors (Lipinski definition) is 1. The molecule has 0 atom stereocenters. The van der Waals surface area contributed by atoms with Crippen LogP contribution in [0.1, 0.15) is 30.4 Å². The Balaban J connectivity index is 2.74. The molecule has 1 aromatic carbocycles. The van der Waals surface area contributed by atoms with Crippen molar-refractivity contribution in [1.82, 2.24) is 0 Å². The molecular formula is C13H15BrF3NO. The van der Waals surface area contributed by atoms with E-state index in [4.69, 9.17) is 0 Å². The molecule has 0 spiro atoms. The SMILES string of the molecule is Cc1ccc(C(F)(F)F)cc1NC(=O)CCCCBr. The normalized spacial score (nSPS) is 11.4. The number of hydrogen-bond acceptors (Lipinski definition) is 1. The number of anilines is 1. The van der Waals surface area contributed by atoms with E-state index in [1.807, 2.05) is 0 Å². The van der Waals surface area contributed by atoms with Crippen LogP contribution >= 0.6 is 15.9 Å². The first kappa shape index (κ1) is 16.0. The standard InChI is InChI=1S/C13H15BrF3NO/c1-9-5-6-10(13(15,16)17)8-11(9)18-12(19)4-2-3-7-14/h5-6,8H,2-4,7H2,1H3,(H,18,19). The highest BCUT2D eigenvalue weighted by Crippen LogP contribution is 2.32. The third-order valence-corrected chi connectivity index (χ3v) is 3.19. The lowest BCUT2D eigenvalue weighted by molar-refractivity contribution is -0.137. The second kappa shape index (κ2) is 6.93. The molecule has 1 amide bonds. The van der Waals surface area contributed by atoms with Crippen LogP contribution in [-0.2, 0) is 11.0 Å². The molecule has 0 bridgehead atoms. The first-order valence-corrected chi connectivity index (χ1v) is 7.00. The van der Waals surface area contributed by atoms with Crippen LogP contribution in [0, 0.1) is 6.92 Å². The fourth-order valence-corrected chi connectivity index (χ4v) is 1.92. The van der Waals surface area contributed by atoms with E-state index in [1.165, 1.54) is 6.07 Å². The van der Waals surface area contributed by atoms with E-state index < -0.39 is 11.7 Å². The van der Waals surface area contributed by atoms with Gasteiger partial charge in [0.05, 0.1) is 5.56 Å². The van der Waals surface area contributed by atoms with Crippen LogP contribution in [0.15, 0.2) is 18.2 Å². The van der Waals surface area contributed by atoms with Gasteiger partial charge in [-0.15, -0.1) is 0 Å². The molecule has 0 fully saturated rings. The van der Waals surface area contributed by atoms with Crippen molar-refractivity contribution in [3.63, 3.8) is 0 Å². The van der Waals surface area contributed by atoms with Gasteiger partial charge >= 0.3 is 6.18 Å². The summed E-state index contributed by atoms with van der Waals surface area (Å²) in [6, 6.07) is 3.34. The predicted octanol–water partition coefficient (Wildman–Crippen LogP) is 4.52. The largest absolute Gasteiger partial charge is 0.416 e. The molecule has 0 saturated carbocycles. The second-order valence-corrected chi connectivity index (χ2v) is 5.01. The number of nitrogens with one attached hydrogen (secondary N) is 1. The molecule has 6 heteroatoms.